The summed E-state index contributed by atoms with van der Waals surface area (Å²) in [7, 11) is -3.65. The molecule has 0 aromatic heterocycles. The molecule has 0 amide bonds. The fourth-order valence-electron chi connectivity index (χ4n) is 3.28. The molecule has 6 heteroatoms. The van der Waals surface area contributed by atoms with Crippen LogP contribution in [0.3, 0.4) is 0 Å². The zero-order chi connectivity index (χ0) is 19.7. The van der Waals surface area contributed by atoms with Gasteiger partial charge in [-0.05, 0) is 55.3 Å². The van der Waals surface area contributed by atoms with Crippen LogP contribution in [0.4, 0.5) is 5.69 Å². The monoisotopic (exact) mass is 410 g/mol. The molecule has 0 bridgehead atoms. The van der Waals surface area contributed by atoms with Crippen LogP contribution in [0.1, 0.15) is 22.3 Å². The van der Waals surface area contributed by atoms with Gasteiger partial charge in [0.1, 0.15) is 0 Å². The fourth-order valence-corrected chi connectivity index (χ4v) is 4.53. The van der Waals surface area contributed by atoms with Gasteiger partial charge in [0.05, 0.1) is 10.6 Å². The second-order valence-corrected chi connectivity index (χ2v) is 8.90. The highest BCUT2D eigenvalue weighted by atomic mass is 35.5. The van der Waals surface area contributed by atoms with Crippen molar-refractivity contribution in [3.63, 3.8) is 0 Å². The Morgan fingerprint density at radius 2 is 1.79 bits per heavy atom. The van der Waals surface area contributed by atoms with E-state index >= 15 is 0 Å². The number of hydrogen-bond donors (Lipinski definition) is 1. The van der Waals surface area contributed by atoms with Gasteiger partial charge in [-0.15, -0.1) is 0 Å². The van der Waals surface area contributed by atoms with Gasteiger partial charge in [0.25, 0.3) is 10.0 Å². The molecule has 1 heterocycles. The minimum Gasteiger partial charge on any atom is -0.284 e. The third kappa shape index (κ3) is 3.81. The maximum atomic E-state index is 12.7. The molecule has 0 radical (unpaired) electrons. The Bertz CT molecular complexity index is 1170. The lowest BCUT2D eigenvalue weighted by atomic mass is 9.93. The van der Waals surface area contributed by atoms with Crippen molar-refractivity contribution in [3.8, 4) is 0 Å². The van der Waals surface area contributed by atoms with E-state index in [1.807, 2.05) is 43.3 Å². The van der Waals surface area contributed by atoms with E-state index in [0.717, 1.165) is 34.4 Å². The van der Waals surface area contributed by atoms with Crippen LogP contribution in [-0.2, 0) is 16.4 Å². The molecule has 1 aliphatic heterocycles. The quantitative estimate of drug-likeness (QED) is 0.668. The van der Waals surface area contributed by atoms with Gasteiger partial charge in [-0.1, -0.05) is 47.5 Å². The SMILES string of the molecule is Cc1ccc(S(=O)(=O)Nc2cccc(C3=NCCc4cc(Cl)ccc43)c2)cc1. The number of sulfonamides is 1. The number of aryl methyl sites for hydroxylation is 1. The van der Waals surface area contributed by atoms with E-state index in [1.165, 1.54) is 0 Å². The topological polar surface area (TPSA) is 58.5 Å². The van der Waals surface area contributed by atoms with Gasteiger partial charge in [-0.3, -0.25) is 9.71 Å². The van der Waals surface area contributed by atoms with Crippen LogP contribution < -0.4 is 4.72 Å². The molecule has 0 aliphatic carbocycles. The molecule has 1 N–H and O–H groups in total. The van der Waals surface area contributed by atoms with Crippen molar-refractivity contribution >= 4 is 33.0 Å². The van der Waals surface area contributed by atoms with Gasteiger partial charge in [0.15, 0.2) is 0 Å². The maximum Gasteiger partial charge on any atom is 0.261 e. The summed E-state index contributed by atoms with van der Waals surface area (Å²) in [4.78, 5) is 4.91. The molecule has 4 rings (SSSR count). The molecule has 0 fully saturated rings. The Kier molecular flexibility index (Phi) is 4.96. The summed E-state index contributed by atoms with van der Waals surface area (Å²) in [5, 5.41) is 0.708. The van der Waals surface area contributed by atoms with Crippen LogP contribution in [-0.4, -0.2) is 20.7 Å². The van der Waals surface area contributed by atoms with Crippen molar-refractivity contribution in [1.82, 2.24) is 0 Å². The predicted molar refractivity (Wildman–Crippen MR) is 114 cm³/mol. The zero-order valence-electron chi connectivity index (χ0n) is 15.3. The van der Waals surface area contributed by atoms with Gasteiger partial charge in [-0.25, -0.2) is 8.42 Å². The number of aliphatic imine (C=N–C) groups is 1. The number of rotatable bonds is 4. The van der Waals surface area contributed by atoms with E-state index in [9.17, 15) is 8.42 Å². The number of anilines is 1. The summed E-state index contributed by atoms with van der Waals surface area (Å²) < 4.78 is 28.0. The minimum absolute atomic E-state index is 0.235. The molecule has 28 heavy (non-hydrogen) atoms. The molecular weight excluding hydrogens is 392 g/mol. The molecule has 142 valence electrons. The van der Waals surface area contributed by atoms with Crippen LogP contribution >= 0.6 is 11.6 Å². The number of nitrogens with one attached hydrogen (secondary N) is 1. The molecular formula is C22H19ClN2O2S. The Labute approximate surface area is 170 Å². The smallest absolute Gasteiger partial charge is 0.261 e. The molecule has 0 saturated carbocycles. The first-order valence-corrected chi connectivity index (χ1v) is 10.8. The largest absolute Gasteiger partial charge is 0.284 e. The highest BCUT2D eigenvalue weighted by Gasteiger charge is 2.18. The average molecular weight is 411 g/mol. The fraction of sp³-hybridized carbons (Fsp3) is 0.136. The van der Waals surface area contributed by atoms with Crippen molar-refractivity contribution in [2.75, 3.05) is 11.3 Å². The summed E-state index contributed by atoms with van der Waals surface area (Å²) in [6, 6.07) is 19.9. The van der Waals surface area contributed by atoms with E-state index in [4.69, 9.17) is 11.6 Å². The molecule has 0 saturated heterocycles. The zero-order valence-corrected chi connectivity index (χ0v) is 16.9. The Morgan fingerprint density at radius 3 is 2.57 bits per heavy atom. The first kappa shape index (κ1) is 18.7. The summed E-state index contributed by atoms with van der Waals surface area (Å²) in [5.41, 5.74) is 5.43. The first-order valence-electron chi connectivity index (χ1n) is 8.95. The van der Waals surface area contributed by atoms with E-state index in [-0.39, 0.29) is 4.90 Å². The summed E-state index contributed by atoms with van der Waals surface area (Å²) in [5.74, 6) is 0. The van der Waals surface area contributed by atoms with Crippen LogP contribution in [0.15, 0.2) is 76.6 Å². The Morgan fingerprint density at radius 1 is 1.00 bits per heavy atom. The second-order valence-electron chi connectivity index (χ2n) is 6.78. The van der Waals surface area contributed by atoms with Crippen molar-refractivity contribution in [2.24, 2.45) is 4.99 Å². The van der Waals surface area contributed by atoms with Crippen molar-refractivity contribution in [1.29, 1.82) is 0 Å². The summed E-state index contributed by atoms with van der Waals surface area (Å²) >= 11 is 6.12. The lowest BCUT2D eigenvalue weighted by Crippen LogP contribution is -2.16. The molecule has 0 unspecified atom stereocenters. The van der Waals surface area contributed by atoms with Crippen molar-refractivity contribution < 1.29 is 8.42 Å². The lowest BCUT2D eigenvalue weighted by Gasteiger charge is -2.18. The minimum atomic E-state index is -3.65. The molecule has 0 spiro atoms. The Balaban J connectivity index is 1.66. The van der Waals surface area contributed by atoms with Crippen LogP contribution in [0.5, 0.6) is 0 Å². The maximum absolute atomic E-state index is 12.7. The predicted octanol–water partition coefficient (Wildman–Crippen LogP) is 4.84. The first-order chi connectivity index (χ1) is 13.4. The lowest BCUT2D eigenvalue weighted by molar-refractivity contribution is 0.601. The van der Waals surface area contributed by atoms with Gasteiger partial charge < -0.3 is 0 Å². The van der Waals surface area contributed by atoms with Gasteiger partial charge in [0, 0.05) is 28.4 Å². The summed E-state index contributed by atoms with van der Waals surface area (Å²) in [6.45, 7) is 2.60. The Hall–Kier alpha value is -2.63. The van der Waals surface area contributed by atoms with Gasteiger partial charge in [0.2, 0.25) is 0 Å². The average Bonchev–Trinajstić information content (AvgIpc) is 2.67. The normalized spacial score (nSPS) is 13.6. The number of hydrogen-bond acceptors (Lipinski definition) is 3. The van der Waals surface area contributed by atoms with Crippen LogP contribution in [0.25, 0.3) is 0 Å². The number of nitrogens with zero attached hydrogens (tertiary/aromatic N) is 1. The van der Waals surface area contributed by atoms with Crippen LogP contribution in [0, 0.1) is 6.92 Å². The third-order valence-corrected chi connectivity index (χ3v) is 6.33. The summed E-state index contributed by atoms with van der Waals surface area (Å²) in [6.07, 6.45) is 0.846. The number of benzene rings is 3. The van der Waals surface area contributed by atoms with E-state index in [0.29, 0.717) is 17.3 Å². The number of fused-ring (bicyclic) bond motifs is 1. The molecule has 3 aromatic carbocycles. The second kappa shape index (κ2) is 7.41. The van der Waals surface area contributed by atoms with E-state index < -0.39 is 10.0 Å². The van der Waals surface area contributed by atoms with Crippen LogP contribution in [0.2, 0.25) is 5.02 Å². The standard InChI is InChI=1S/C22H19ClN2O2S/c1-15-5-8-20(9-6-15)28(26,27)25-19-4-2-3-17(14-19)22-21-10-7-18(23)13-16(21)11-12-24-22/h2-10,13-14,25H,11-12H2,1H3. The highest BCUT2D eigenvalue weighted by Crippen LogP contribution is 2.25. The molecule has 3 aromatic rings. The number of halogens is 1. The van der Waals surface area contributed by atoms with E-state index in [2.05, 4.69) is 9.71 Å². The van der Waals surface area contributed by atoms with Crippen molar-refractivity contribution in [3.05, 3.63) is 94.0 Å². The van der Waals surface area contributed by atoms with Gasteiger partial charge in [-0.2, -0.15) is 0 Å². The van der Waals surface area contributed by atoms with E-state index in [1.54, 1.807) is 30.3 Å². The highest BCUT2D eigenvalue weighted by molar-refractivity contribution is 7.92. The molecule has 0 atom stereocenters. The van der Waals surface area contributed by atoms with Crippen molar-refractivity contribution in [2.45, 2.75) is 18.2 Å². The third-order valence-electron chi connectivity index (χ3n) is 4.69. The molecule has 1 aliphatic rings. The molecule has 4 nitrogen and oxygen atoms in total. The van der Waals surface area contributed by atoms with Gasteiger partial charge >= 0.3 is 0 Å².